The Morgan fingerprint density at radius 2 is 2.00 bits per heavy atom. The fourth-order valence-corrected chi connectivity index (χ4v) is 3.13. The van der Waals surface area contributed by atoms with Gasteiger partial charge < -0.3 is 10.6 Å². The van der Waals surface area contributed by atoms with Crippen molar-refractivity contribution in [3.8, 4) is 0 Å². The molecule has 0 spiro atoms. The number of thiophene rings is 1. The average Bonchev–Trinajstić information content (AvgIpc) is 3.24. The monoisotopic (exact) mass is 362 g/mol. The van der Waals surface area contributed by atoms with Crippen molar-refractivity contribution in [1.29, 1.82) is 0 Å². The summed E-state index contributed by atoms with van der Waals surface area (Å²) >= 11 is 2.40. The first-order valence-corrected chi connectivity index (χ1v) is 8.52. The number of carbonyl (C=O) groups is 2. The van der Waals surface area contributed by atoms with Gasteiger partial charge in [-0.05, 0) is 29.6 Å². The lowest BCUT2D eigenvalue weighted by Crippen LogP contribution is -2.21. The summed E-state index contributed by atoms with van der Waals surface area (Å²) in [5.74, 6) is -1.12. The van der Waals surface area contributed by atoms with Gasteiger partial charge in [0.05, 0.1) is 11.4 Å². The molecule has 0 aliphatic carbocycles. The third kappa shape index (κ3) is 4.00. The molecule has 0 fully saturated rings. The number of amides is 2. The number of aromatic nitrogens is 2. The molecule has 24 heavy (non-hydrogen) atoms. The van der Waals surface area contributed by atoms with Gasteiger partial charge in [-0.1, -0.05) is 23.5 Å². The Bertz CT molecular complexity index is 864. The van der Waals surface area contributed by atoms with E-state index in [9.17, 15) is 14.0 Å². The van der Waals surface area contributed by atoms with Crippen LogP contribution in [0.1, 0.15) is 24.5 Å². The van der Waals surface area contributed by atoms with Gasteiger partial charge in [0.15, 0.2) is 0 Å². The van der Waals surface area contributed by atoms with Crippen LogP contribution >= 0.6 is 22.7 Å². The Kier molecular flexibility index (Phi) is 4.92. The third-order valence-electron chi connectivity index (χ3n) is 2.89. The van der Waals surface area contributed by atoms with Crippen molar-refractivity contribution >= 4 is 40.2 Å². The van der Waals surface area contributed by atoms with Gasteiger partial charge in [0.25, 0.3) is 11.8 Å². The number of carbonyl (C=O) groups excluding carboxylic acids is 2. The van der Waals surface area contributed by atoms with Gasteiger partial charge in [0.1, 0.15) is 10.8 Å². The van der Waals surface area contributed by atoms with E-state index in [1.54, 1.807) is 18.2 Å². The Balaban J connectivity index is 1.58. The van der Waals surface area contributed by atoms with Crippen LogP contribution in [0.3, 0.4) is 0 Å². The average molecular weight is 362 g/mol. The quantitative estimate of drug-likeness (QED) is 0.731. The zero-order chi connectivity index (χ0) is 16.9. The lowest BCUT2D eigenvalue weighted by atomic mass is 10.3. The van der Waals surface area contributed by atoms with Crippen molar-refractivity contribution in [2.24, 2.45) is 0 Å². The van der Waals surface area contributed by atoms with Crippen LogP contribution in [0.5, 0.6) is 0 Å². The van der Waals surface area contributed by atoms with Crippen molar-refractivity contribution in [2.45, 2.75) is 6.54 Å². The van der Waals surface area contributed by atoms with E-state index < -0.39 is 11.7 Å². The first kappa shape index (κ1) is 16.2. The van der Waals surface area contributed by atoms with Crippen LogP contribution < -0.4 is 10.6 Å². The minimum atomic E-state index is -0.478. The second kappa shape index (κ2) is 7.28. The van der Waals surface area contributed by atoms with Crippen molar-refractivity contribution < 1.29 is 14.0 Å². The van der Waals surface area contributed by atoms with Crippen molar-refractivity contribution in [2.75, 3.05) is 5.32 Å². The van der Waals surface area contributed by atoms with Crippen LogP contribution in [0.25, 0.3) is 0 Å². The zero-order valence-corrected chi connectivity index (χ0v) is 13.8. The Morgan fingerprint density at radius 3 is 2.75 bits per heavy atom. The highest BCUT2D eigenvalue weighted by molar-refractivity contribution is 7.13. The van der Waals surface area contributed by atoms with Gasteiger partial charge in [0, 0.05) is 5.69 Å². The van der Waals surface area contributed by atoms with Crippen molar-refractivity contribution in [3.63, 3.8) is 0 Å². The molecule has 0 radical (unpaired) electrons. The number of nitrogens with zero attached hydrogens (tertiary/aromatic N) is 2. The van der Waals surface area contributed by atoms with Gasteiger partial charge in [-0.2, -0.15) is 0 Å². The number of hydrogen-bond donors (Lipinski definition) is 2. The van der Waals surface area contributed by atoms with Crippen LogP contribution in [0.2, 0.25) is 0 Å². The topological polar surface area (TPSA) is 84.0 Å². The molecule has 2 aromatic heterocycles. The molecule has 122 valence electrons. The first-order chi connectivity index (χ1) is 11.6. The first-order valence-electron chi connectivity index (χ1n) is 6.83. The lowest BCUT2D eigenvalue weighted by Gasteiger charge is -2.01. The van der Waals surface area contributed by atoms with Crippen LogP contribution in [0.15, 0.2) is 41.8 Å². The van der Waals surface area contributed by atoms with Gasteiger partial charge in [0.2, 0.25) is 5.01 Å². The predicted molar refractivity (Wildman–Crippen MR) is 89.8 cm³/mol. The molecule has 3 aromatic rings. The molecule has 0 unspecified atom stereocenters. The lowest BCUT2D eigenvalue weighted by molar-refractivity contribution is 0.0954. The summed E-state index contributed by atoms with van der Waals surface area (Å²) in [6.07, 6.45) is 0. The molecule has 0 atom stereocenters. The molecule has 0 aliphatic rings. The van der Waals surface area contributed by atoms with Crippen LogP contribution in [0, 0.1) is 5.82 Å². The SMILES string of the molecule is O=C(NCc1nnc(C(=O)Nc2cccc(F)c2)s1)c1cccs1. The minimum Gasteiger partial charge on any atom is -0.345 e. The number of hydrogen-bond acceptors (Lipinski definition) is 6. The fourth-order valence-electron chi connectivity index (χ4n) is 1.82. The normalized spacial score (nSPS) is 10.4. The number of nitrogens with one attached hydrogen (secondary N) is 2. The maximum absolute atomic E-state index is 13.1. The summed E-state index contributed by atoms with van der Waals surface area (Å²) in [6, 6.07) is 9.08. The maximum Gasteiger partial charge on any atom is 0.286 e. The number of halogens is 1. The summed E-state index contributed by atoms with van der Waals surface area (Å²) in [4.78, 5) is 24.5. The Labute approximate surface area is 144 Å². The summed E-state index contributed by atoms with van der Waals surface area (Å²) in [7, 11) is 0. The van der Waals surface area contributed by atoms with Gasteiger partial charge in [-0.15, -0.1) is 21.5 Å². The molecule has 0 saturated carbocycles. The number of anilines is 1. The smallest absolute Gasteiger partial charge is 0.286 e. The van der Waals surface area contributed by atoms with E-state index in [1.807, 2.05) is 5.38 Å². The molecule has 0 bridgehead atoms. The van der Waals surface area contributed by atoms with Crippen molar-refractivity contribution in [1.82, 2.24) is 15.5 Å². The van der Waals surface area contributed by atoms with Crippen LogP contribution in [-0.4, -0.2) is 22.0 Å². The minimum absolute atomic E-state index is 0.139. The van der Waals surface area contributed by atoms with Crippen LogP contribution in [0.4, 0.5) is 10.1 Å². The zero-order valence-electron chi connectivity index (χ0n) is 12.2. The van der Waals surface area contributed by atoms with E-state index in [2.05, 4.69) is 20.8 Å². The van der Waals surface area contributed by atoms with Gasteiger partial charge in [-0.3, -0.25) is 9.59 Å². The fraction of sp³-hybridized carbons (Fsp3) is 0.0667. The largest absolute Gasteiger partial charge is 0.345 e. The molecule has 6 nitrogen and oxygen atoms in total. The standard InChI is InChI=1S/C15H11FN4O2S2/c16-9-3-1-4-10(7-9)18-14(22)15-20-19-12(24-15)8-17-13(21)11-5-2-6-23-11/h1-7H,8H2,(H,17,21)(H,18,22). The molecule has 9 heteroatoms. The number of benzene rings is 1. The second-order valence-corrected chi connectivity index (χ2v) is 6.64. The summed E-state index contributed by atoms with van der Waals surface area (Å²) < 4.78 is 13.1. The highest BCUT2D eigenvalue weighted by atomic mass is 32.1. The summed E-state index contributed by atoms with van der Waals surface area (Å²) in [6.45, 7) is 0.182. The van der Waals surface area contributed by atoms with E-state index in [1.165, 1.54) is 29.5 Å². The molecule has 3 rings (SSSR count). The van der Waals surface area contributed by atoms with Crippen molar-refractivity contribution in [3.05, 3.63) is 62.5 Å². The van der Waals surface area contributed by atoms with E-state index in [-0.39, 0.29) is 17.5 Å². The maximum atomic E-state index is 13.1. The summed E-state index contributed by atoms with van der Waals surface area (Å²) in [5.41, 5.74) is 0.336. The van der Waals surface area contributed by atoms with E-state index >= 15 is 0 Å². The predicted octanol–water partition coefficient (Wildman–Crippen LogP) is 2.92. The van der Waals surface area contributed by atoms with E-state index in [4.69, 9.17) is 0 Å². The highest BCUT2D eigenvalue weighted by Gasteiger charge is 2.14. The molecule has 0 aliphatic heterocycles. The molecular weight excluding hydrogens is 351 g/mol. The number of rotatable bonds is 5. The van der Waals surface area contributed by atoms with Gasteiger partial charge >= 0.3 is 0 Å². The third-order valence-corrected chi connectivity index (χ3v) is 4.68. The van der Waals surface area contributed by atoms with Gasteiger partial charge in [-0.25, -0.2) is 4.39 Å². The molecular formula is C15H11FN4O2S2. The van der Waals surface area contributed by atoms with E-state index in [0.29, 0.717) is 15.6 Å². The molecule has 1 aromatic carbocycles. The molecule has 2 heterocycles. The molecule has 2 amide bonds. The van der Waals surface area contributed by atoms with E-state index in [0.717, 1.165) is 11.3 Å². The second-order valence-electron chi connectivity index (χ2n) is 4.63. The van der Waals surface area contributed by atoms with Crippen LogP contribution in [-0.2, 0) is 6.54 Å². The Hall–Kier alpha value is -2.65. The Morgan fingerprint density at radius 1 is 1.12 bits per heavy atom. The highest BCUT2D eigenvalue weighted by Crippen LogP contribution is 2.15. The molecule has 0 saturated heterocycles. The molecule has 2 N–H and O–H groups in total. The summed E-state index contributed by atoms with van der Waals surface area (Å²) in [5, 5.41) is 15.4.